The normalized spacial score (nSPS) is 26.5. The van der Waals surface area contributed by atoms with Crippen molar-refractivity contribution >= 4 is 5.91 Å². The van der Waals surface area contributed by atoms with Gasteiger partial charge in [0.05, 0.1) is 12.5 Å². The number of piperidine rings is 2. The predicted molar refractivity (Wildman–Crippen MR) is 97.4 cm³/mol. The summed E-state index contributed by atoms with van der Waals surface area (Å²) in [5.74, 6) is 2.06. The first-order valence-electron chi connectivity index (χ1n) is 10.2. The first-order chi connectivity index (χ1) is 12.7. The van der Waals surface area contributed by atoms with Gasteiger partial charge < -0.3 is 9.42 Å². The molecule has 0 bridgehead atoms. The van der Waals surface area contributed by atoms with E-state index in [4.69, 9.17) is 4.52 Å². The molecule has 0 saturated carbocycles. The summed E-state index contributed by atoms with van der Waals surface area (Å²) >= 11 is 0. The van der Waals surface area contributed by atoms with Crippen LogP contribution < -0.4 is 0 Å². The molecule has 3 aliphatic rings. The number of carbonyl (C=O) groups is 1. The number of amides is 1. The Balaban J connectivity index is 1.26. The van der Waals surface area contributed by atoms with E-state index < -0.39 is 0 Å². The molecular weight excluding hydrogens is 330 g/mol. The van der Waals surface area contributed by atoms with E-state index in [1.165, 1.54) is 25.7 Å². The molecular formula is C19H31N5O2. The Morgan fingerprint density at radius 1 is 1.08 bits per heavy atom. The summed E-state index contributed by atoms with van der Waals surface area (Å²) in [6.45, 7) is 8.81. The number of aryl methyl sites for hydroxylation is 1. The number of rotatable bonds is 4. The molecule has 1 amide bonds. The predicted octanol–water partition coefficient (Wildman–Crippen LogP) is 1.68. The maximum absolute atomic E-state index is 12.8. The highest BCUT2D eigenvalue weighted by Crippen LogP contribution is 2.26. The second-order valence-corrected chi connectivity index (χ2v) is 8.10. The molecule has 0 radical (unpaired) electrons. The van der Waals surface area contributed by atoms with Crippen molar-refractivity contribution in [2.75, 3.05) is 39.3 Å². The molecule has 144 valence electrons. The Bertz CT molecular complexity index is 605. The van der Waals surface area contributed by atoms with Crippen LogP contribution in [0.25, 0.3) is 0 Å². The zero-order valence-corrected chi connectivity index (χ0v) is 15.9. The summed E-state index contributed by atoms with van der Waals surface area (Å²) < 4.78 is 5.07. The summed E-state index contributed by atoms with van der Waals surface area (Å²) in [5, 5.41) is 4.01. The van der Waals surface area contributed by atoms with Crippen LogP contribution in [0.1, 0.15) is 50.2 Å². The minimum Gasteiger partial charge on any atom is -0.342 e. The zero-order valence-electron chi connectivity index (χ0n) is 15.9. The summed E-state index contributed by atoms with van der Waals surface area (Å²) in [7, 11) is 0. The van der Waals surface area contributed by atoms with Crippen LogP contribution in [-0.2, 0) is 11.3 Å². The second-order valence-electron chi connectivity index (χ2n) is 8.10. The fourth-order valence-corrected chi connectivity index (χ4v) is 4.78. The number of hydrogen-bond donors (Lipinski definition) is 0. The van der Waals surface area contributed by atoms with Gasteiger partial charge in [-0.15, -0.1) is 0 Å². The molecule has 0 N–H and O–H groups in total. The van der Waals surface area contributed by atoms with Crippen LogP contribution >= 0.6 is 0 Å². The van der Waals surface area contributed by atoms with Gasteiger partial charge in [0.2, 0.25) is 11.8 Å². The lowest BCUT2D eigenvalue weighted by atomic mass is 9.93. The van der Waals surface area contributed by atoms with Crippen LogP contribution in [0, 0.1) is 12.8 Å². The van der Waals surface area contributed by atoms with Crippen LogP contribution in [-0.4, -0.2) is 76.1 Å². The molecule has 0 unspecified atom stereocenters. The van der Waals surface area contributed by atoms with Gasteiger partial charge in [0.25, 0.3) is 0 Å². The number of hydrogen-bond acceptors (Lipinski definition) is 6. The summed E-state index contributed by atoms with van der Waals surface area (Å²) in [6, 6.07) is 0.618. The Morgan fingerprint density at radius 3 is 2.54 bits per heavy atom. The van der Waals surface area contributed by atoms with E-state index in [0.717, 1.165) is 64.5 Å². The molecule has 0 aromatic carbocycles. The third-order valence-corrected chi connectivity index (χ3v) is 6.23. The molecule has 1 atom stereocenters. The third-order valence-electron chi connectivity index (χ3n) is 6.23. The van der Waals surface area contributed by atoms with Crippen LogP contribution in [0.2, 0.25) is 0 Å². The number of likely N-dealkylation sites (tertiary alicyclic amines) is 3. The molecule has 3 saturated heterocycles. The molecule has 3 aliphatic heterocycles. The lowest BCUT2D eigenvalue weighted by molar-refractivity contribution is -0.136. The van der Waals surface area contributed by atoms with Crippen molar-refractivity contribution in [3.05, 3.63) is 11.7 Å². The standard InChI is InChI=1S/C19H31N5O2/c1-15-20-18(21-26-15)14-22-11-6-17(7-12-22)24-10-4-5-16(13-24)19(25)23-8-2-3-9-23/h16-17H,2-14H2,1H3/t16-/m0/s1. The number of nitrogens with zero attached hydrogens (tertiary/aromatic N) is 5. The highest BCUT2D eigenvalue weighted by Gasteiger charge is 2.34. The van der Waals surface area contributed by atoms with Gasteiger partial charge in [0, 0.05) is 45.7 Å². The van der Waals surface area contributed by atoms with Gasteiger partial charge in [0.1, 0.15) is 0 Å². The van der Waals surface area contributed by atoms with Crippen molar-refractivity contribution in [2.45, 2.75) is 58.0 Å². The van der Waals surface area contributed by atoms with E-state index in [-0.39, 0.29) is 5.92 Å². The lowest BCUT2D eigenvalue weighted by Gasteiger charge is -2.42. The first kappa shape index (κ1) is 17.9. The second kappa shape index (κ2) is 8.05. The smallest absolute Gasteiger partial charge is 0.226 e. The van der Waals surface area contributed by atoms with Crippen LogP contribution in [0.4, 0.5) is 0 Å². The SMILES string of the molecule is Cc1nc(CN2CCC(N3CCC[C@H](C(=O)N4CCCC4)C3)CC2)no1. The molecule has 1 aromatic rings. The monoisotopic (exact) mass is 361 g/mol. The van der Waals surface area contributed by atoms with E-state index in [1.807, 2.05) is 6.92 Å². The Morgan fingerprint density at radius 2 is 1.85 bits per heavy atom. The molecule has 7 heteroatoms. The molecule has 0 aliphatic carbocycles. The molecule has 4 heterocycles. The minimum atomic E-state index is 0.224. The molecule has 0 spiro atoms. The Labute approximate surface area is 155 Å². The van der Waals surface area contributed by atoms with Gasteiger partial charge in [-0.2, -0.15) is 4.98 Å². The molecule has 7 nitrogen and oxygen atoms in total. The number of aromatic nitrogens is 2. The maximum Gasteiger partial charge on any atom is 0.226 e. The molecule has 3 fully saturated rings. The van der Waals surface area contributed by atoms with Crippen molar-refractivity contribution in [3.8, 4) is 0 Å². The highest BCUT2D eigenvalue weighted by molar-refractivity contribution is 5.79. The molecule has 26 heavy (non-hydrogen) atoms. The van der Waals surface area contributed by atoms with Gasteiger partial charge in [-0.1, -0.05) is 5.16 Å². The largest absolute Gasteiger partial charge is 0.342 e. The van der Waals surface area contributed by atoms with E-state index in [0.29, 0.717) is 17.8 Å². The van der Waals surface area contributed by atoms with Crippen molar-refractivity contribution < 1.29 is 9.32 Å². The quantitative estimate of drug-likeness (QED) is 0.813. The lowest BCUT2D eigenvalue weighted by Crippen LogP contribution is -2.51. The Hall–Kier alpha value is -1.47. The van der Waals surface area contributed by atoms with Gasteiger partial charge in [-0.25, -0.2) is 0 Å². The highest BCUT2D eigenvalue weighted by atomic mass is 16.5. The average Bonchev–Trinajstić information content (AvgIpc) is 3.34. The van der Waals surface area contributed by atoms with Gasteiger partial charge in [-0.05, 0) is 45.1 Å². The van der Waals surface area contributed by atoms with E-state index in [1.54, 1.807) is 0 Å². The third kappa shape index (κ3) is 4.09. The van der Waals surface area contributed by atoms with Crippen molar-refractivity contribution in [1.29, 1.82) is 0 Å². The van der Waals surface area contributed by atoms with Crippen LogP contribution in [0.3, 0.4) is 0 Å². The van der Waals surface area contributed by atoms with Crippen molar-refractivity contribution in [1.82, 2.24) is 24.8 Å². The van der Waals surface area contributed by atoms with E-state index >= 15 is 0 Å². The topological polar surface area (TPSA) is 65.7 Å². The van der Waals surface area contributed by atoms with Gasteiger partial charge >= 0.3 is 0 Å². The van der Waals surface area contributed by atoms with E-state index in [2.05, 4.69) is 24.8 Å². The maximum atomic E-state index is 12.8. The fraction of sp³-hybridized carbons (Fsp3) is 0.842. The summed E-state index contributed by atoms with van der Waals surface area (Å²) in [5.41, 5.74) is 0. The first-order valence-corrected chi connectivity index (χ1v) is 10.2. The molecule has 1 aromatic heterocycles. The van der Waals surface area contributed by atoms with Gasteiger partial charge in [-0.3, -0.25) is 14.6 Å². The van der Waals surface area contributed by atoms with Crippen LogP contribution in [0.5, 0.6) is 0 Å². The van der Waals surface area contributed by atoms with Crippen molar-refractivity contribution in [2.24, 2.45) is 5.92 Å². The average molecular weight is 361 g/mol. The number of carbonyl (C=O) groups excluding carboxylic acids is 1. The summed E-state index contributed by atoms with van der Waals surface area (Å²) in [6.07, 6.45) is 6.93. The van der Waals surface area contributed by atoms with Crippen molar-refractivity contribution in [3.63, 3.8) is 0 Å². The zero-order chi connectivity index (χ0) is 17.9. The minimum absolute atomic E-state index is 0.224. The van der Waals surface area contributed by atoms with Gasteiger partial charge in [0.15, 0.2) is 5.82 Å². The summed E-state index contributed by atoms with van der Waals surface area (Å²) in [4.78, 5) is 24.2. The molecule has 4 rings (SSSR count). The fourth-order valence-electron chi connectivity index (χ4n) is 4.78. The Kier molecular flexibility index (Phi) is 5.55. The van der Waals surface area contributed by atoms with E-state index in [9.17, 15) is 4.79 Å². The van der Waals surface area contributed by atoms with Crippen LogP contribution in [0.15, 0.2) is 4.52 Å².